The number of nitrogens with one attached hydrogen (secondary N) is 2. The minimum absolute atomic E-state index is 0.0235. The van der Waals surface area contributed by atoms with Gasteiger partial charge in [0.05, 0.1) is 18.7 Å². The minimum atomic E-state index is -0.355. The molecule has 148 valence electrons. The standard InChI is InChI=1S/C20H29N3O4/c1-5-6-18(24)22-16-8-7-15(10-17(16)27-4)21-20(26)14-9-19(25)23(12-14)11-13(2)3/h7-8,10,13-14H,5-6,9,11-12H2,1-4H3,(H,21,26)(H,22,24)/t14-/m1/s1. The number of hydrogen-bond acceptors (Lipinski definition) is 4. The molecule has 2 rings (SSSR count). The first-order valence-corrected chi connectivity index (χ1v) is 9.40. The average Bonchev–Trinajstić information content (AvgIpc) is 2.96. The van der Waals surface area contributed by atoms with Gasteiger partial charge in [-0.25, -0.2) is 0 Å². The summed E-state index contributed by atoms with van der Waals surface area (Å²) in [5.74, 6) is 0.250. The van der Waals surface area contributed by atoms with Crippen molar-refractivity contribution in [1.82, 2.24) is 4.90 Å². The molecule has 0 spiro atoms. The Morgan fingerprint density at radius 3 is 2.67 bits per heavy atom. The van der Waals surface area contributed by atoms with E-state index in [1.54, 1.807) is 23.1 Å². The molecule has 1 aliphatic heterocycles. The lowest BCUT2D eigenvalue weighted by Gasteiger charge is -2.18. The van der Waals surface area contributed by atoms with Crippen LogP contribution in [0.1, 0.15) is 40.0 Å². The van der Waals surface area contributed by atoms with Crippen LogP contribution in [0, 0.1) is 11.8 Å². The fourth-order valence-electron chi connectivity index (χ4n) is 3.12. The number of carbonyl (C=O) groups is 3. The second-order valence-corrected chi connectivity index (χ2v) is 7.30. The van der Waals surface area contributed by atoms with Crippen molar-refractivity contribution < 1.29 is 19.1 Å². The first-order valence-electron chi connectivity index (χ1n) is 9.40. The summed E-state index contributed by atoms with van der Waals surface area (Å²) in [7, 11) is 1.51. The summed E-state index contributed by atoms with van der Waals surface area (Å²) in [6.45, 7) is 7.15. The van der Waals surface area contributed by atoms with E-state index >= 15 is 0 Å². The molecule has 1 heterocycles. The van der Waals surface area contributed by atoms with Crippen molar-refractivity contribution in [3.8, 4) is 5.75 Å². The zero-order valence-electron chi connectivity index (χ0n) is 16.5. The van der Waals surface area contributed by atoms with Crippen LogP contribution in [0.5, 0.6) is 5.75 Å². The van der Waals surface area contributed by atoms with E-state index in [4.69, 9.17) is 4.74 Å². The van der Waals surface area contributed by atoms with Gasteiger partial charge in [0.25, 0.3) is 0 Å². The van der Waals surface area contributed by atoms with E-state index in [1.807, 2.05) is 20.8 Å². The number of anilines is 2. The predicted octanol–water partition coefficient (Wildman–Crippen LogP) is 2.88. The van der Waals surface area contributed by atoms with Crippen LogP contribution in [0.4, 0.5) is 11.4 Å². The second-order valence-electron chi connectivity index (χ2n) is 7.30. The van der Waals surface area contributed by atoms with Crippen LogP contribution >= 0.6 is 0 Å². The Balaban J connectivity index is 2.01. The first kappa shape index (κ1) is 20.7. The van der Waals surface area contributed by atoms with Crippen molar-refractivity contribution >= 4 is 29.1 Å². The van der Waals surface area contributed by atoms with Gasteiger partial charge in [0.2, 0.25) is 17.7 Å². The molecular formula is C20H29N3O4. The zero-order valence-corrected chi connectivity index (χ0v) is 16.5. The van der Waals surface area contributed by atoms with Gasteiger partial charge in [0.15, 0.2) is 0 Å². The quantitative estimate of drug-likeness (QED) is 0.731. The molecule has 1 aliphatic rings. The number of ether oxygens (including phenoxy) is 1. The van der Waals surface area contributed by atoms with Crippen LogP contribution < -0.4 is 15.4 Å². The molecule has 0 unspecified atom stereocenters. The summed E-state index contributed by atoms with van der Waals surface area (Å²) in [6.07, 6.45) is 1.43. The number of hydrogen-bond donors (Lipinski definition) is 2. The first-order chi connectivity index (χ1) is 12.8. The lowest BCUT2D eigenvalue weighted by Crippen LogP contribution is -2.31. The highest BCUT2D eigenvalue weighted by Crippen LogP contribution is 2.29. The highest BCUT2D eigenvalue weighted by Gasteiger charge is 2.34. The fourth-order valence-corrected chi connectivity index (χ4v) is 3.12. The van der Waals surface area contributed by atoms with Crippen molar-refractivity contribution in [1.29, 1.82) is 0 Å². The number of benzene rings is 1. The summed E-state index contributed by atoms with van der Waals surface area (Å²) in [5, 5.41) is 5.65. The molecule has 0 saturated carbocycles. The Morgan fingerprint density at radius 1 is 1.30 bits per heavy atom. The largest absolute Gasteiger partial charge is 0.494 e. The average molecular weight is 375 g/mol. The van der Waals surface area contributed by atoms with Gasteiger partial charge in [-0.3, -0.25) is 14.4 Å². The molecule has 0 bridgehead atoms. The van der Waals surface area contributed by atoms with Crippen molar-refractivity contribution in [2.45, 2.75) is 40.0 Å². The van der Waals surface area contributed by atoms with E-state index < -0.39 is 0 Å². The molecule has 1 fully saturated rings. The third-order valence-electron chi connectivity index (χ3n) is 4.39. The Morgan fingerprint density at radius 2 is 2.04 bits per heavy atom. The number of rotatable bonds is 8. The van der Waals surface area contributed by atoms with Crippen LogP contribution in [0.25, 0.3) is 0 Å². The molecular weight excluding hydrogens is 346 g/mol. The van der Waals surface area contributed by atoms with Crippen molar-refractivity contribution in [2.75, 3.05) is 30.8 Å². The van der Waals surface area contributed by atoms with Crippen molar-refractivity contribution in [2.24, 2.45) is 11.8 Å². The van der Waals surface area contributed by atoms with Crippen molar-refractivity contribution in [3.05, 3.63) is 18.2 Å². The molecule has 3 amide bonds. The number of carbonyl (C=O) groups excluding carboxylic acids is 3. The molecule has 27 heavy (non-hydrogen) atoms. The van der Waals surface area contributed by atoms with E-state index in [0.29, 0.717) is 42.6 Å². The molecule has 0 aliphatic carbocycles. The van der Waals surface area contributed by atoms with E-state index in [-0.39, 0.29) is 30.1 Å². The summed E-state index contributed by atoms with van der Waals surface area (Å²) in [5.41, 5.74) is 1.13. The molecule has 7 heteroatoms. The number of nitrogens with zero attached hydrogens (tertiary/aromatic N) is 1. The van der Waals surface area contributed by atoms with Gasteiger partial charge in [0, 0.05) is 37.7 Å². The van der Waals surface area contributed by atoms with Crippen LogP contribution in [0.3, 0.4) is 0 Å². The van der Waals surface area contributed by atoms with Crippen LogP contribution in [-0.2, 0) is 14.4 Å². The molecule has 1 aromatic carbocycles. The maximum atomic E-state index is 12.5. The molecule has 7 nitrogen and oxygen atoms in total. The van der Waals surface area contributed by atoms with Gasteiger partial charge < -0.3 is 20.3 Å². The van der Waals surface area contributed by atoms with Gasteiger partial charge in [-0.15, -0.1) is 0 Å². The third-order valence-corrected chi connectivity index (χ3v) is 4.39. The Labute approximate surface area is 160 Å². The van der Waals surface area contributed by atoms with Crippen LogP contribution in [0.2, 0.25) is 0 Å². The van der Waals surface area contributed by atoms with Gasteiger partial charge in [0.1, 0.15) is 5.75 Å². The highest BCUT2D eigenvalue weighted by atomic mass is 16.5. The molecule has 0 radical (unpaired) electrons. The van der Waals surface area contributed by atoms with Gasteiger partial charge in [-0.05, 0) is 24.5 Å². The maximum Gasteiger partial charge on any atom is 0.229 e. The molecule has 1 aromatic rings. The SMILES string of the molecule is CCCC(=O)Nc1ccc(NC(=O)[C@@H]2CC(=O)N(CC(C)C)C2)cc1OC. The Kier molecular flexibility index (Phi) is 7.21. The number of likely N-dealkylation sites (tertiary alicyclic amines) is 1. The number of methoxy groups -OCH3 is 1. The topological polar surface area (TPSA) is 87.7 Å². The van der Waals surface area contributed by atoms with Gasteiger partial charge in [-0.2, -0.15) is 0 Å². The Bertz CT molecular complexity index is 702. The summed E-state index contributed by atoms with van der Waals surface area (Å²) < 4.78 is 5.32. The van der Waals surface area contributed by atoms with Crippen molar-refractivity contribution in [3.63, 3.8) is 0 Å². The van der Waals surface area contributed by atoms with E-state index in [2.05, 4.69) is 10.6 Å². The van der Waals surface area contributed by atoms with Crippen LogP contribution in [-0.4, -0.2) is 42.8 Å². The lowest BCUT2D eigenvalue weighted by atomic mass is 10.1. The second kappa shape index (κ2) is 9.39. The highest BCUT2D eigenvalue weighted by molar-refractivity contribution is 5.98. The summed E-state index contributed by atoms with van der Waals surface area (Å²) >= 11 is 0. The molecule has 2 N–H and O–H groups in total. The smallest absolute Gasteiger partial charge is 0.229 e. The lowest BCUT2D eigenvalue weighted by molar-refractivity contribution is -0.128. The summed E-state index contributed by atoms with van der Waals surface area (Å²) in [6, 6.07) is 5.08. The van der Waals surface area contributed by atoms with E-state index in [0.717, 1.165) is 6.42 Å². The van der Waals surface area contributed by atoms with E-state index in [9.17, 15) is 14.4 Å². The monoisotopic (exact) mass is 375 g/mol. The van der Waals surface area contributed by atoms with E-state index in [1.165, 1.54) is 7.11 Å². The summed E-state index contributed by atoms with van der Waals surface area (Å²) in [4.78, 5) is 38.1. The maximum absolute atomic E-state index is 12.5. The number of amides is 3. The normalized spacial score (nSPS) is 16.6. The van der Waals surface area contributed by atoms with Gasteiger partial charge in [-0.1, -0.05) is 20.8 Å². The third kappa shape index (κ3) is 5.70. The molecule has 1 atom stereocenters. The molecule has 1 saturated heterocycles. The van der Waals surface area contributed by atoms with Crippen LogP contribution in [0.15, 0.2) is 18.2 Å². The zero-order chi connectivity index (χ0) is 20.0. The fraction of sp³-hybridized carbons (Fsp3) is 0.550. The Hall–Kier alpha value is -2.57. The minimum Gasteiger partial charge on any atom is -0.494 e. The van der Waals surface area contributed by atoms with Gasteiger partial charge >= 0.3 is 0 Å². The molecule has 0 aromatic heterocycles. The predicted molar refractivity (Wildman–Crippen MR) is 105 cm³/mol.